The van der Waals surface area contributed by atoms with Gasteiger partial charge in [0.15, 0.2) is 0 Å². The summed E-state index contributed by atoms with van der Waals surface area (Å²) in [5.74, 6) is 0.00662. The first kappa shape index (κ1) is 18.6. The van der Waals surface area contributed by atoms with Crippen molar-refractivity contribution in [2.75, 3.05) is 6.61 Å². The molecule has 0 fully saturated rings. The maximum Gasteiger partial charge on any atom is 0.333 e. The fourth-order valence-electron chi connectivity index (χ4n) is 2.51. The summed E-state index contributed by atoms with van der Waals surface area (Å²) in [7, 11) is 0. The number of ether oxygens (including phenoxy) is 1. The van der Waals surface area contributed by atoms with Gasteiger partial charge in [-0.3, -0.25) is 0 Å². The number of esters is 1. The third-order valence-corrected chi connectivity index (χ3v) is 4.56. The Bertz CT molecular complexity index is 721. The Morgan fingerprint density at radius 1 is 0.880 bits per heavy atom. The lowest BCUT2D eigenvalue weighted by Gasteiger charge is -2.30. The highest BCUT2D eigenvalue weighted by atomic mass is 16.5. The van der Waals surface area contributed by atoms with Gasteiger partial charge in [-0.1, -0.05) is 29.8 Å². The van der Waals surface area contributed by atoms with Crippen LogP contribution in [0.3, 0.4) is 0 Å². The summed E-state index contributed by atoms with van der Waals surface area (Å²) in [6.45, 7) is 7.60. The zero-order valence-corrected chi connectivity index (χ0v) is 15.0. The summed E-state index contributed by atoms with van der Waals surface area (Å²) in [6, 6.07) is 13.7. The van der Waals surface area contributed by atoms with E-state index >= 15 is 0 Å². The predicted octanol–water partition coefficient (Wildman–Crippen LogP) is 4.30. The summed E-state index contributed by atoms with van der Waals surface area (Å²) < 4.78 is 5.58. The van der Waals surface area contributed by atoms with Crippen LogP contribution in [0.4, 0.5) is 0 Å². The molecule has 0 aliphatic carbocycles. The molecule has 0 spiro atoms. The number of carbonyl (C=O) groups is 1. The average molecular weight is 340 g/mol. The van der Waals surface area contributed by atoms with Crippen LogP contribution in [-0.2, 0) is 14.9 Å². The van der Waals surface area contributed by atoms with Gasteiger partial charge in [-0.25, -0.2) is 4.79 Å². The highest BCUT2D eigenvalue weighted by Crippen LogP contribution is 2.34. The number of carbonyl (C=O) groups excluding carboxylic acids is 1. The van der Waals surface area contributed by atoms with Gasteiger partial charge in [0.2, 0.25) is 0 Å². The van der Waals surface area contributed by atoms with E-state index in [2.05, 4.69) is 0 Å². The molecule has 0 saturated heterocycles. The molecular formula is C21H24O4. The molecule has 0 aliphatic rings. The maximum atomic E-state index is 12.2. The van der Waals surface area contributed by atoms with Crippen molar-refractivity contribution in [3.63, 3.8) is 0 Å². The van der Waals surface area contributed by atoms with Crippen LogP contribution in [0.25, 0.3) is 0 Å². The molecule has 0 atom stereocenters. The van der Waals surface area contributed by atoms with Gasteiger partial charge in [0.05, 0.1) is 5.41 Å². The summed E-state index contributed by atoms with van der Waals surface area (Å²) >= 11 is 0. The van der Waals surface area contributed by atoms with Crippen LogP contribution in [-0.4, -0.2) is 22.8 Å². The molecule has 132 valence electrons. The Morgan fingerprint density at radius 2 is 1.28 bits per heavy atom. The highest BCUT2D eigenvalue weighted by molar-refractivity contribution is 5.88. The minimum atomic E-state index is -0.612. The second kappa shape index (κ2) is 7.43. The van der Waals surface area contributed by atoms with Gasteiger partial charge in [-0.15, -0.1) is 0 Å². The van der Waals surface area contributed by atoms with Crippen molar-refractivity contribution < 1.29 is 19.7 Å². The molecule has 2 rings (SSSR count). The molecule has 2 aromatic rings. The number of phenols is 2. The standard InChI is InChI=1S/C21H24O4/c1-14(2)15(3)20(24)25-13-21(4,16-5-9-18(22)10-6-16)17-7-11-19(23)12-8-17/h5-12,22-23H,13H2,1-4H3. The van der Waals surface area contributed by atoms with E-state index in [-0.39, 0.29) is 24.1 Å². The molecule has 2 N–H and O–H groups in total. The van der Waals surface area contributed by atoms with Crippen molar-refractivity contribution in [3.05, 3.63) is 70.8 Å². The molecular weight excluding hydrogens is 316 g/mol. The molecule has 0 heterocycles. The minimum absolute atomic E-state index is 0.145. The van der Waals surface area contributed by atoms with E-state index in [0.29, 0.717) is 5.57 Å². The topological polar surface area (TPSA) is 66.8 Å². The van der Waals surface area contributed by atoms with E-state index in [0.717, 1.165) is 16.7 Å². The Morgan fingerprint density at radius 3 is 1.64 bits per heavy atom. The monoisotopic (exact) mass is 340 g/mol. The molecule has 0 amide bonds. The third kappa shape index (κ3) is 4.21. The number of hydrogen-bond acceptors (Lipinski definition) is 4. The Hall–Kier alpha value is -2.75. The van der Waals surface area contributed by atoms with E-state index in [9.17, 15) is 15.0 Å². The molecule has 2 aromatic carbocycles. The van der Waals surface area contributed by atoms with Crippen molar-refractivity contribution in [1.82, 2.24) is 0 Å². The number of hydrogen-bond donors (Lipinski definition) is 2. The van der Waals surface area contributed by atoms with Crippen LogP contribution in [0.15, 0.2) is 59.7 Å². The van der Waals surface area contributed by atoms with Crippen LogP contribution < -0.4 is 0 Å². The van der Waals surface area contributed by atoms with Crippen LogP contribution in [0.1, 0.15) is 38.8 Å². The van der Waals surface area contributed by atoms with Gasteiger partial charge in [-0.05, 0) is 63.1 Å². The van der Waals surface area contributed by atoms with Gasteiger partial charge in [0, 0.05) is 5.57 Å². The SMILES string of the molecule is CC(C)=C(C)C(=O)OCC(C)(c1ccc(O)cc1)c1ccc(O)cc1. The number of rotatable bonds is 5. The zero-order valence-electron chi connectivity index (χ0n) is 15.0. The number of allylic oxidation sites excluding steroid dienone is 1. The van der Waals surface area contributed by atoms with E-state index in [1.54, 1.807) is 31.2 Å². The first-order valence-corrected chi connectivity index (χ1v) is 8.14. The molecule has 0 bridgehead atoms. The summed E-state index contributed by atoms with van der Waals surface area (Å²) in [4.78, 5) is 12.2. The van der Waals surface area contributed by atoms with Crippen molar-refractivity contribution in [2.24, 2.45) is 0 Å². The quantitative estimate of drug-likeness (QED) is 0.629. The lowest BCUT2D eigenvalue weighted by atomic mass is 9.77. The first-order valence-electron chi connectivity index (χ1n) is 8.14. The van der Waals surface area contributed by atoms with Crippen LogP contribution in [0.2, 0.25) is 0 Å². The molecule has 25 heavy (non-hydrogen) atoms. The number of benzene rings is 2. The Balaban J connectivity index is 2.39. The van der Waals surface area contributed by atoms with E-state index < -0.39 is 5.41 Å². The highest BCUT2D eigenvalue weighted by Gasteiger charge is 2.31. The summed E-state index contributed by atoms with van der Waals surface area (Å²) in [5, 5.41) is 19.1. The lowest BCUT2D eigenvalue weighted by molar-refractivity contribution is -0.140. The molecule has 0 saturated carbocycles. The van der Waals surface area contributed by atoms with Crippen molar-refractivity contribution in [2.45, 2.75) is 33.1 Å². The zero-order chi connectivity index (χ0) is 18.6. The van der Waals surface area contributed by atoms with Crippen molar-refractivity contribution in [3.8, 4) is 11.5 Å². The number of aromatic hydroxyl groups is 2. The lowest BCUT2D eigenvalue weighted by Crippen LogP contribution is -2.31. The normalized spacial score (nSPS) is 11.0. The van der Waals surface area contributed by atoms with Crippen LogP contribution >= 0.6 is 0 Å². The molecule has 4 heteroatoms. The Labute approximate surface area is 148 Å². The fourth-order valence-corrected chi connectivity index (χ4v) is 2.51. The van der Waals surface area contributed by atoms with Gasteiger partial charge in [0.1, 0.15) is 18.1 Å². The van der Waals surface area contributed by atoms with Crippen molar-refractivity contribution >= 4 is 5.97 Å². The predicted molar refractivity (Wildman–Crippen MR) is 97.7 cm³/mol. The fraction of sp³-hybridized carbons (Fsp3) is 0.286. The largest absolute Gasteiger partial charge is 0.508 e. The van der Waals surface area contributed by atoms with E-state index in [1.165, 1.54) is 0 Å². The molecule has 0 aliphatic heterocycles. The van der Waals surface area contributed by atoms with E-state index in [1.807, 2.05) is 45.0 Å². The number of phenolic OH excluding ortho intramolecular Hbond substituents is 2. The van der Waals surface area contributed by atoms with Gasteiger partial charge in [0.25, 0.3) is 0 Å². The molecule has 0 aromatic heterocycles. The van der Waals surface area contributed by atoms with Gasteiger partial charge < -0.3 is 14.9 Å². The van der Waals surface area contributed by atoms with E-state index in [4.69, 9.17) is 4.74 Å². The van der Waals surface area contributed by atoms with Crippen LogP contribution in [0.5, 0.6) is 11.5 Å². The first-order chi connectivity index (χ1) is 11.7. The Kier molecular flexibility index (Phi) is 5.52. The molecule has 0 radical (unpaired) electrons. The average Bonchev–Trinajstić information content (AvgIpc) is 2.59. The third-order valence-electron chi connectivity index (χ3n) is 4.56. The van der Waals surface area contributed by atoms with Crippen molar-refractivity contribution in [1.29, 1.82) is 0 Å². The smallest absolute Gasteiger partial charge is 0.333 e. The molecule has 0 unspecified atom stereocenters. The minimum Gasteiger partial charge on any atom is -0.508 e. The summed E-state index contributed by atoms with van der Waals surface area (Å²) in [5.41, 5.74) is 2.70. The molecule has 4 nitrogen and oxygen atoms in total. The second-order valence-corrected chi connectivity index (χ2v) is 6.63. The van der Waals surface area contributed by atoms with Gasteiger partial charge in [-0.2, -0.15) is 0 Å². The second-order valence-electron chi connectivity index (χ2n) is 6.63. The summed E-state index contributed by atoms with van der Waals surface area (Å²) in [6.07, 6.45) is 0. The maximum absolute atomic E-state index is 12.2. The van der Waals surface area contributed by atoms with Crippen LogP contribution in [0, 0.1) is 0 Å². The van der Waals surface area contributed by atoms with Gasteiger partial charge >= 0.3 is 5.97 Å².